The molecule has 2 N–H and O–H groups in total. The van der Waals surface area contributed by atoms with Gasteiger partial charge in [0.05, 0.1) is 11.9 Å². The van der Waals surface area contributed by atoms with Crippen LogP contribution in [0.5, 0.6) is 0 Å². The second-order valence-corrected chi connectivity index (χ2v) is 5.85. The van der Waals surface area contributed by atoms with Crippen molar-refractivity contribution in [2.24, 2.45) is 7.05 Å². The Kier molecular flexibility index (Phi) is 2.92. The number of anilines is 1. The summed E-state index contributed by atoms with van der Waals surface area (Å²) in [5, 5.41) is 4.21. The molecule has 3 aromatic heterocycles. The molecule has 0 aromatic carbocycles. The van der Waals surface area contributed by atoms with E-state index < -0.39 is 0 Å². The minimum absolute atomic E-state index is 0.575. The third-order valence-corrected chi connectivity index (χ3v) is 3.99. The Morgan fingerprint density at radius 3 is 2.59 bits per heavy atom. The third kappa shape index (κ3) is 2.45. The summed E-state index contributed by atoms with van der Waals surface area (Å²) < 4.78 is 1.78. The van der Waals surface area contributed by atoms with Crippen LogP contribution in [0.3, 0.4) is 0 Å². The van der Waals surface area contributed by atoms with E-state index in [0.29, 0.717) is 11.7 Å². The smallest absolute Gasteiger partial charge is 0.124 e. The van der Waals surface area contributed by atoms with E-state index in [1.165, 1.54) is 18.4 Å². The first-order valence-corrected chi connectivity index (χ1v) is 7.41. The number of rotatable bonds is 3. The van der Waals surface area contributed by atoms with Gasteiger partial charge in [0, 0.05) is 42.3 Å². The average molecular weight is 291 g/mol. The molecule has 0 saturated heterocycles. The number of nitrogen functional groups attached to an aromatic ring is 1. The van der Waals surface area contributed by atoms with Gasteiger partial charge < -0.3 is 5.73 Å². The number of pyridine rings is 2. The molecule has 0 aliphatic heterocycles. The van der Waals surface area contributed by atoms with Gasteiger partial charge in [0.2, 0.25) is 0 Å². The number of nitrogens with two attached hydrogens (primary N) is 1. The summed E-state index contributed by atoms with van der Waals surface area (Å²) in [6.45, 7) is 0. The molecule has 3 heterocycles. The highest BCUT2D eigenvalue weighted by Gasteiger charge is 2.24. The molecule has 1 aliphatic rings. The first-order chi connectivity index (χ1) is 10.7. The predicted octanol–water partition coefficient (Wildman–Crippen LogP) is 3.00. The summed E-state index contributed by atoms with van der Waals surface area (Å²) in [6.07, 6.45) is 9.98. The van der Waals surface area contributed by atoms with E-state index in [0.717, 1.165) is 22.4 Å². The van der Waals surface area contributed by atoms with Crippen molar-refractivity contribution in [1.29, 1.82) is 0 Å². The van der Waals surface area contributed by atoms with Crippen molar-refractivity contribution in [3.05, 3.63) is 48.5 Å². The van der Waals surface area contributed by atoms with Crippen LogP contribution in [0.2, 0.25) is 0 Å². The third-order valence-electron chi connectivity index (χ3n) is 3.99. The van der Waals surface area contributed by atoms with Gasteiger partial charge in [-0.25, -0.2) is 4.98 Å². The molecule has 0 amide bonds. The van der Waals surface area contributed by atoms with Gasteiger partial charge in [-0.2, -0.15) is 5.10 Å². The molecule has 1 fully saturated rings. The summed E-state index contributed by atoms with van der Waals surface area (Å²) in [5.41, 5.74) is 11.2. The van der Waals surface area contributed by atoms with Crippen LogP contribution in [-0.4, -0.2) is 19.7 Å². The number of aromatic nitrogens is 4. The van der Waals surface area contributed by atoms with Crippen molar-refractivity contribution in [3.8, 4) is 22.4 Å². The molecule has 0 radical (unpaired) electrons. The summed E-state index contributed by atoms with van der Waals surface area (Å²) >= 11 is 0. The molecule has 5 heteroatoms. The summed E-state index contributed by atoms with van der Waals surface area (Å²) in [7, 11) is 1.90. The fraction of sp³-hybridized carbons (Fsp3) is 0.235. The highest BCUT2D eigenvalue weighted by molar-refractivity contribution is 5.70. The average Bonchev–Trinajstić information content (AvgIpc) is 3.29. The lowest BCUT2D eigenvalue weighted by molar-refractivity contribution is 0.768. The minimum atomic E-state index is 0.575. The lowest BCUT2D eigenvalue weighted by atomic mass is 10.0. The Hall–Kier alpha value is -2.69. The number of hydrogen-bond donors (Lipinski definition) is 1. The lowest BCUT2D eigenvalue weighted by Gasteiger charge is -2.07. The van der Waals surface area contributed by atoms with E-state index in [-0.39, 0.29) is 0 Å². The van der Waals surface area contributed by atoms with Gasteiger partial charge in [-0.15, -0.1) is 0 Å². The van der Waals surface area contributed by atoms with Gasteiger partial charge >= 0.3 is 0 Å². The Morgan fingerprint density at radius 1 is 1.05 bits per heavy atom. The van der Waals surface area contributed by atoms with E-state index >= 15 is 0 Å². The molecule has 1 saturated carbocycles. The van der Waals surface area contributed by atoms with E-state index in [1.54, 1.807) is 4.68 Å². The van der Waals surface area contributed by atoms with Gasteiger partial charge in [0.1, 0.15) is 5.82 Å². The summed E-state index contributed by atoms with van der Waals surface area (Å²) in [5.74, 6) is 1.23. The van der Waals surface area contributed by atoms with Crippen molar-refractivity contribution in [2.75, 3.05) is 5.73 Å². The topological polar surface area (TPSA) is 69.6 Å². The molecular weight excluding hydrogens is 274 g/mol. The fourth-order valence-corrected chi connectivity index (χ4v) is 2.68. The molecule has 0 spiro atoms. The van der Waals surface area contributed by atoms with Gasteiger partial charge in [0.25, 0.3) is 0 Å². The van der Waals surface area contributed by atoms with Gasteiger partial charge in [0.15, 0.2) is 0 Å². The first-order valence-electron chi connectivity index (χ1n) is 7.41. The number of nitrogens with zero attached hydrogens (tertiary/aromatic N) is 4. The van der Waals surface area contributed by atoms with Crippen LogP contribution in [-0.2, 0) is 7.05 Å². The SMILES string of the molecule is Cn1cc(-c2cncc(-c3cc(C4CC4)cc(N)n3)c2)cn1. The Labute approximate surface area is 128 Å². The monoisotopic (exact) mass is 291 g/mol. The molecule has 3 aromatic rings. The van der Waals surface area contributed by atoms with Crippen LogP contribution in [0.25, 0.3) is 22.4 Å². The molecule has 0 bridgehead atoms. The molecular formula is C17H17N5. The van der Waals surface area contributed by atoms with Crippen LogP contribution < -0.4 is 5.73 Å². The van der Waals surface area contributed by atoms with Crippen LogP contribution in [0, 0.1) is 0 Å². The highest BCUT2D eigenvalue weighted by Crippen LogP contribution is 2.41. The number of aryl methyl sites for hydroxylation is 1. The van der Waals surface area contributed by atoms with Gasteiger partial charge in [-0.05, 0) is 42.5 Å². The van der Waals surface area contributed by atoms with Crippen molar-refractivity contribution < 1.29 is 0 Å². The summed E-state index contributed by atoms with van der Waals surface area (Å²) in [6, 6.07) is 6.21. The Morgan fingerprint density at radius 2 is 1.86 bits per heavy atom. The Bertz CT molecular complexity index is 833. The normalized spacial score (nSPS) is 14.2. The maximum absolute atomic E-state index is 5.97. The van der Waals surface area contributed by atoms with E-state index in [2.05, 4.69) is 27.2 Å². The van der Waals surface area contributed by atoms with E-state index in [9.17, 15) is 0 Å². The van der Waals surface area contributed by atoms with Crippen LogP contribution in [0.1, 0.15) is 24.3 Å². The van der Waals surface area contributed by atoms with Gasteiger partial charge in [-0.1, -0.05) is 0 Å². The zero-order valence-electron chi connectivity index (χ0n) is 12.4. The van der Waals surface area contributed by atoms with Crippen LogP contribution in [0.15, 0.2) is 43.0 Å². The first kappa shape index (κ1) is 13.0. The lowest BCUT2D eigenvalue weighted by Crippen LogP contribution is -1.95. The molecule has 0 unspecified atom stereocenters. The zero-order valence-corrected chi connectivity index (χ0v) is 12.4. The van der Waals surface area contributed by atoms with Crippen LogP contribution in [0.4, 0.5) is 5.82 Å². The second-order valence-electron chi connectivity index (χ2n) is 5.85. The fourth-order valence-electron chi connectivity index (χ4n) is 2.68. The largest absolute Gasteiger partial charge is 0.384 e. The van der Waals surface area contributed by atoms with Crippen molar-refractivity contribution >= 4 is 5.82 Å². The van der Waals surface area contributed by atoms with Gasteiger partial charge in [-0.3, -0.25) is 9.67 Å². The van der Waals surface area contributed by atoms with Crippen molar-refractivity contribution in [1.82, 2.24) is 19.7 Å². The maximum atomic E-state index is 5.97. The molecule has 110 valence electrons. The highest BCUT2D eigenvalue weighted by atomic mass is 15.2. The quantitative estimate of drug-likeness (QED) is 0.805. The number of hydrogen-bond acceptors (Lipinski definition) is 4. The molecule has 4 rings (SSSR count). The van der Waals surface area contributed by atoms with Crippen molar-refractivity contribution in [3.63, 3.8) is 0 Å². The van der Waals surface area contributed by atoms with Crippen LogP contribution >= 0.6 is 0 Å². The second kappa shape index (κ2) is 4.94. The maximum Gasteiger partial charge on any atom is 0.124 e. The molecule has 0 atom stereocenters. The van der Waals surface area contributed by atoms with Crippen molar-refractivity contribution in [2.45, 2.75) is 18.8 Å². The standard InChI is InChI=1S/C17H17N5/c1-22-10-15(9-20-22)13-4-14(8-19-7-13)16-5-12(11-2-3-11)6-17(18)21-16/h4-11H,2-3H2,1H3,(H2,18,21). The van der Waals surface area contributed by atoms with E-state index in [1.807, 2.05) is 37.9 Å². The van der Waals surface area contributed by atoms with E-state index in [4.69, 9.17) is 5.73 Å². The summed E-state index contributed by atoms with van der Waals surface area (Å²) in [4.78, 5) is 8.82. The Balaban J connectivity index is 1.76. The minimum Gasteiger partial charge on any atom is -0.384 e. The zero-order chi connectivity index (χ0) is 15.1. The molecule has 1 aliphatic carbocycles. The molecule has 22 heavy (non-hydrogen) atoms. The predicted molar refractivity (Wildman–Crippen MR) is 86.1 cm³/mol. The molecule has 5 nitrogen and oxygen atoms in total.